The zero-order valence-corrected chi connectivity index (χ0v) is 11.5. The van der Waals surface area contributed by atoms with Crippen LogP contribution >= 0.6 is 22.6 Å². The van der Waals surface area contributed by atoms with Crippen molar-refractivity contribution in [2.45, 2.75) is 6.92 Å². The quantitative estimate of drug-likeness (QED) is 0.343. The van der Waals surface area contributed by atoms with Gasteiger partial charge in [-0.25, -0.2) is 0 Å². The molecule has 2 aromatic rings. The van der Waals surface area contributed by atoms with E-state index < -0.39 is 0 Å². The Morgan fingerprint density at radius 1 is 1.12 bits per heavy atom. The molecule has 4 heteroatoms. The molecule has 0 unspecified atom stereocenters. The van der Waals surface area contributed by atoms with Crippen molar-refractivity contribution in [1.29, 1.82) is 0 Å². The molecule has 86 valence electrons. The highest BCUT2D eigenvalue weighted by molar-refractivity contribution is 14.1. The fourth-order valence-electron chi connectivity index (χ4n) is 1.36. The number of hydrogen-bond donors (Lipinski definition) is 0. The second-order valence-electron chi connectivity index (χ2n) is 3.64. The predicted molar refractivity (Wildman–Crippen MR) is 75.7 cm³/mol. The normalized spacial score (nSPS) is 11.5. The Bertz CT molecular complexity index is 553. The molecule has 0 spiro atoms. The highest BCUT2D eigenvalue weighted by Gasteiger charge is 2.03. The number of rotatable bonds is 2. The second kappa shape index (κ2) is 5.27. The third kappa shape index (κ3) is 3.03. The van der Waals surface area contributed by atoms with Gasteiger partial charge in [-0.3, -0.25) is 0 Å². The molecule has 0 bridgehead atoms. The summed E-state index contributed by atoms with van der Waals surface area (Å²) in [5.41, 5.74) is 2.38. The zero-order valence-electron chi connectivity index (χ0n) is 9.30. The van der Waals surface area contributed by atoms with Gasteiger partial charge in [0, 0.05) is 20.8 Å². The minimum absolute atomic E-state index is 0.531. The number of hydrogen-bond acceptors (Lipinski definition) is 2. The molecule has 0 aliphatic heterocycles. The summed E-state index contributed by atoms with van der Waals surface area (Å²) >= 11 is 2.23. The number of azo groups is 1. The van der Waals surface area contributed by atoms with Gasteiger partial charge < -0.3 is 5.21 Å². The summed E-state index contributed by atoms with van der Waals surface area (Å²) in [4.78, 5) is 0.640. The third-order valence-corrected chi connectivity index (χ3v) is 3.50. The van der Waals surface area contributed by atoms with Crippen LogP contribution in [0.2, 0.25) is 0 Å². The van der Waals surface area contributed by atoms with Crippen molar-refractivity contribution < 1.29 is 4.86 Å². The summed E-state index contributed by atoms with van der Waals surface area (Å²) in [6.07, 6.45) is 0. The molecule has 0 saturated carbocycles. The maximum absolute atomic E-state index is 11.8. The van der Waals surface area contributed by atoms with E-state index >= 15 is 0 Å². The maximum Gasteiger partial charge on any atom is 0.244 e. The van der Waals surface area contributed by atoms with Gasteiger partial charge in [0.2, 0.25) is 5.69 Å². The molecule has 2 aromatic carbocycles. The number of aryl methyl sites for hydroxylation is 1. The van der Waals surface area contributed by atoms with Gasteiger partial charge in [-0.15, -0.1) is 0 Å². The number of para-hydroxylation sites is 1. The van der Waals surface area contributed by atoms with Gasteiger partial charge in [-0.05, 0) is 47.2 Å². The monoisotopic (exact) mass is 338 g/mol. The minimum Gasteiger partial charge on any atom is -0.594 e. The Balaban J connectivity index is 2.33. The zero-order chi connectivity index (χ0) is 12.3. The van der Waals surface area contributed by atoms with Crippen LogP contribution in [0.25, 0.3) is 0 Å². The van der Waals surface area contributed by atoms with Gasteiger partial charge in [-0.2, -0.15) is 0 Å². The molecule has 0 saturated heterocycles. The van der Waals surface area contributed by atoms with Gasteiger partial charge in [0.15, 0.2) is 0 Å². The van der Waals surface area contributed by atoms with E-state index in [2.05, 4.69) is 27.7 Å². The van der Waals surface area contributed by atoms with Crippen LogP contribution in [0, 0.1) is 15.7 Å². The van der Waals surface area contributed by atoms with Crippen molar-refractivity contribution >= 4 is 34.0 Å². The van der Waals surface area contributed by atoms with E-state index in [9.17, 15) is 5.21 Å². The lowest BCUT2D eigenvalue weighted by Crippen LogP contribution is -1.89. The summed E-state index contributed by atoms with van der Waals surface area (Å²) in [5.74, 6) is 0. The first-order valence-electron chi connectivity index (χ1n) is 5.17. The smallest absolute Gasteiger partial charge is 0.244 e. The van der Waals surface area contributed by atoms with E-state index in [1.165, 1.54) is 5.56 Å². The maximum atomic E-state index is 11.8. The molecule has 0 aromatic heterocycles. The SMILES string of the molecule is Cc1ccc(N=[N+]([O-])c2ccccc2)cc1I. The van der Waals surface area contributed by atoms with Crippen LogP contribution in [0.15, 0.2) is 53.6 Å². The second-order valence-corrected chi connectivity index (χ2v) is 4.80. The lowest BCUT2D eigenvalue weighted by molar-refractivity contribution is -0.435. The van der Waals surface area contributed by atoms with E-state index in [0.29, 0.717) is 16.2 Å². The third-order valence-electron chi connectivity index (χ3n) is 2.34. The Kier molecular flexibility index (Phi) is 3.73. The number of halogens is 1. The molecule has 0 aliphatic carbocycles. The molecule has 0 atom stereocenters. The lowest BCUT2D eigenvalue weighted by Gasteiger charge is -2.00. The molecule has 0 radical (unpaired) electrons. The van der Waals surface area contributed by atoms with Crippen LogP contribution in [0.5, 0.6) is 0 Å². The van der Waals surface area contributed by atoms with Gasteiger partial charge in [0.05, 0.1) is 0 Å². The van der Waals surface area contributed by atoms with Gasteiger partial charge in [0.1, 0.15) is 5.69 Å². The van der Waals surface area contributed by atoms with Crippen molar-refractivity contribution in [3.8, 4) is 0 Å². The van der Waals surface area contributed by atoms with Crippen LogP contribution in [-0.2, 0) is 0 Å². The van der Waals surface area contributed by atoms with Crippen molar-refractivity contribution in [3.63, 3.8) is 0 Å². The molecule has 0 aliphatic rings. The minimum atomic E-state index is 0.531. The standard InChI is InChI=1S/C13H11IN2O/c1-10-7-8-11(9-13(10)14)15-16(17)12-5-3-2-4-6-12/h2-9H,1H3. The molecule has 0 fully saturated rings. The molecule has 0 N–H and O–H groups in total. The Morgan fingerprint density at radius 2 is 1.82 bits per heavy atom. The highest BCUT2D eigenvalue weighted by atomic mass is 127. The summed E-state index contributed by atoms with van der Waals surface area (Å²) in [6, 6.07) is 14.6. The van der Waals surface area contributed by atoms with Crippen LogP contribution in [-0.4, -0.2) is 4.86 Å². The van der Waals surface area contributed by atoms with E-state index in [-0.39, 0.29) is 0 Å². The van der Waals surface area contributed by atoms with Gasteiger partial charge in [0.25, 0.3) is 0 Å². The fourth-order valence-corrected chi connectivity index (χ4v) is 1.86. The Hall–Kier alpha value is -1.43. The topological polar surface area (TPSA) is 38.4 Å². The number of benzene rings is 2. The van der Waals surface area contributed by atoms with Crippen LogP contribution in [0.3, 0.4) is 0 Å². The van der Waals surface area contributed by atoms with Crippen molar-refractivity contribution in [2.75, 3.05) is 0 Å². The predicted octanol–water partition coefficient (Wildman–Crippen LogP) is 4.53. The summed E-state index contributed by atoms with van der Waals surface area (Å²) in [7, 11) is 0. The van der Waals surface area contributed by atoms with Crippen molar-refractivity contribution in [2.24, 2.45) is 5.11 Å². The lowest BCUT2D eigenvalue weighted by atomic mass is 10.2. The number of nitrogens with zero attached hydrogens (tertiary/aromatic N) is 2. The first kappa shape index (κ1) is 12.0. The van der Waals surface area contributed by atoms with Crippen LogP contribution in [0.1, 0.15) is 5.56 Å². The Morgan fingerprint density at radius 3 is 2.47 bits per heavy atom. The van der Waals surface area contributed by atoms with Gasteiger partial charge in [-0.1, -0.05) is 29.1 Å². The summed E-state index contributed by atoms with van der Waals surface area (Å²) in [5, 5.41) is 15.8. The first-order valence-corrected chi connectivity index (χ1v) is 6.25. The highest BCUT2D eigenvalue weighted by Crippen LogP contribution is 2.21. The summed E-state index contributed by atoms with van der Waals surface area (Å²) in [6.45, 7) is 2.03. The first-order chi connectivity index (χ1) is 8.16. The van der Waals surface area contributed by atoms with E-state index in [0.717, 1.165) is 3.57 Å². The van der Waals surface area contributed by atoms with Gasteiger partial charge >= 0.3 is 0 Å². The van der Waals surface area contributed by atoms with Crippen LogP contribution < -0.4 is 0 Å². The molecule has 0 amide bonds. The van der Waals surface area contributed by atoms with E-state index in [4.69, 9.17) is 0 Å². The average Bonchev–Trinajstić information content (AvgIpc) is 2.35. The average molecular weight is 338 g/mol. The van der Waals surface area contributed by atoms with Crippen LogP contribution in [0.4, 0.5) is 11.4 Å². The molecular formula is C13H11IN2O. The fraction of sp³-hybridized carbons (Fsp3) is 0.0769. The Labute approximate surface area is 114 Å². The molecule has 0 heterocycles. The van der Waals surface area contributed by atoms with Crippen molar-refractivity contribution in [1.82, 2.24) is 0 Å². The molecule has 3 nitrogen and oxygen atoms in total. The summed E-state index contributed by atoms with van der Waals surface area (Å²) < 4.78 is 1.10. The molecular weight excluding hydrogens is 327 g/mol. The van der Waals surface area contributed by atoms with E-state index in [1.54, 1.807) is 12.1 Å². The van der Waals surface area contributed by atoms with E-state index in [1.807, 2.05) is 43.3 Å². The van der Waals surface area contributed by atoms with Crippen molar-refractivity contribution in [3.05, 3.63) is 62.9 Å². The molecule has 2 rings (SSSR count). The largest absolute Gasteiger partial charge is 0.594 e. The molecule has 17 heavy (non-hydrogen) atoms.